The lowest BCUT2D eigenvalue weighted by Crippen LogP contribution is -2.43. The van der Waals surface area contributed by atoms with Crippen LogP contribution in [0.15, 0.2) is 38.8 Å². The Bertz CT molecular complexity index is 1250. The van der Waals surface area contributed by atoms with Gasteiger partial charge in [-0.2, -0.15) is 4.31 Å². The number of carbonyl (C=O) groups is 2. The Kier molecular flexibility index (Phi) is 7.99. The van der Waals surface area contributed by atoms with Crippen molar-refractivity contribution in [3.05, 3.63) is 55.7 Å². The van der Waals surface area contributed by atoms with Crippen molar-refractivity contribution in [1.82, 2.24) is 13.4 Å². The van der Waals surface area contributed by atoms with Gasteiger partial charge in [-0.1, -0.05) is 18.5 Å². The number of rotatable bonds is 9. The number of hydrogen-bond acceptors (Lipinski definition) is 8. The van der Waals surface area contributed by atoms with E-state index in [9.17, 15) is 27.6 Å². The Balaban J connectivity index is 2.13. The standard InChI is InChI=1S/C19H23ClN4O7S/c1-4-9-24-17(21)16(18(27)23(3)19(24)28)14(25)11-31-15(26)10-22(2)32(29,30)13-7-5-12(20)6-8-13/h5-8H,4,9-11,21H2,1-3H3. The zero-order valence-electron chi connectivity index (χ0n) is 17.7. The largest absolute Gasteiger partial charge is 0.456 e. The van der Waals surface area contributed by atoms with Crippen molar-refractivity contribution in [3.8, 4) is 0 Å². The number of likely N-dealkylation sites (N-methyl/N-ethyl adjacent to an activating group) is 1. The molecule has 2 aromatic rings. The van der Waals surface area contributed by atoms with E-state index in [1.54, 1.807) is 6.92 Å². The fourth-order valence-corrected chi connectivity index (χ4v) is 4.04. The molecule has 174 valence electrons. The van der Waals surface area contributed by atoms with Crippen LogP contribution in [0.3, 0.4) is 0 Å². The smallest absolute Gasteiger partial charge is 0.332 e. The van der Waals surface area contributed by atoms with Gasteiger partial charge in [0.2, 0.25) is 15.8 Å². The van der Waals surface area contributed by atoms with Gasteiger partial charge < -0.3 is 10.5 Å². The summed E-state index contributed by atoms with van der Waals surface area (Å²) in [6.45, 7) is 0.444. The van der Waals surface area contributed by atoms with Gasteiger partial charge in [-0.05, 0) is 30.7 Å². The first-order valence-electron chi connectivity index (χ1n) is 9.41. The van der Waals surface area contributed by atoms with Gasteiger partial charge >= 0.3 is 11.7 Å². The molecule has 0 aliphatic rings. The molecule has 0 unspecified atom stereocenters. The fraction of sp³-hybridized carbons (Fsp3) is 0.368. The number of anilines is 1. The Labute approximate surface area is 189 Å². The van der Waals surface area contributed by atoms with E-state index in [2.05, 4.69) is 0 Å². The number of carbonyl (C=O) groups excluding carboxylic acids is 2. The molecule has 1 aromatic heterocycles. The maximum Gasteiger partial charge on any atom is 0.332 e. The van der Waals surface area contributed by atoms with Crippen LogP contribution in [0.4, 0.5) is 5.82 Å². The zero-order chi connectivity index (χ0) is 24.2. The first-order chi connectivity index (χ1) is 14.9. The molecule has 0 aliphatic heterocycles. The van der Waals surface area contributed by atoms with Gasteiger partial charge in [0.15, 0.2) is 6.61 Å². The first-order valence-corrected chi connectivity index (χ1v) is 11.2. The summed E-state index contributed by atoms with van der Waals surface area (Å²) in [6.07, 6.45) is 0.527. The monoisotopic (exact) mass is 486 g/mol. The number of Topliss-reactive ketones (excluding diaryl/α,β-unsaturated/α-hetero) is 1. The number of nitrogens with two attached hydrogens (primary N) is 1. The normalized spacial score (nSPS) is 11.5. The minimum Gasteiger partial charge on any atom is -0.456 e. The van der Waals surface area contributed by atoms with Crippen molar-refractivity contribution in [2.24, 2.45) is 7.05 Å². The maximum absolute atomic E-state index is 12.5. The molecule has 2 N–H and O–H groups in total. The van der Waals surface area contributed by atoms with Crippen molar-refractivity contribution >= 4 is 39.2 Å². The minimum absolute atomic E-state index is 0.0808. The molecule has 13 heteroatoms. The number of ketones is 1. The highest BCUT2D eigenvalue weighted by Gasteiger charge is 2.25. The molecule has 0 aliphatic carbocycles. The van der Waals surface area contributed by atoms with E-state index in [0.717, 1.165) is 13.4 Å². The van der Waals surface area contributed by atoms with Crippen molar-refractivity contribution in [1.29, 1.82) is 0 Å². The minimum atomic E-state index is -4.00. The SMILES string of the molecule is CCCn1c(N)c(C(=O)COC(=O)CN(C)S(=O)(=O)c2ccc(Cl)cc2)c(=O)n(C)c1=O. The van der Waals surface area contributed by atoms with Crippen LogP contribution in [0.5, 0.6) is 0 Å². The van der Waals surface area contributed by atoms with Gasteiger partial charge in [0.1, 0.15) is 17.9 Å². The Morgan fingerprint density at radius 3 is 2.34 bits per heavy atom. The molecule has 0 amide bonds. The average molecular weight is 487 g/mol. The van der Waals surface area contributed by atoms with Crippen LogP contribution < -0.4 is 17.0 Å². The molecular formula is C19H23ClN4O7S. The molecule has 1 heterocycles. The summed E-state index contributed by atoms with van der Waals surface area (Å²) < 4.78 is 32.5. The Hall–Kier alpha value is -2.96. The van der Waals surface area contributed by atoms with Gasteiger partial charge in [0.25, 0.3) is 5.56 Å². The predicted molar refractivity (Wildman–Crippen MR) is 117 cm³/mol. The maximum atomic E-state index is 12.5. The number of benzene rings is 1. The second kappa shape index (κ2) is 10.1. The van der Waals surface area contributed by atoms with Crippen molar-refractivity contribution < 1.29 is 22.7 Å². The van der Waals surface area contributed by atoms with Crippen molar-refractivity contribution in [2.45, 2.75) is 24.8 Å². The topological polar surface area (TPSA) is 151 Å². The molecule has 0 saturated carbocycles. The Morgan fingerprint density at radius 2 is 1.78 bits per heavy atom. The molecule has 0 spiro atoms. The summed E-state index contributed by atoms with van der Waals surface area (Å²) in [6, 6.07) is 5.35. The highest BCUT2D eigenvalue weighted by molar-refractivity contribution is 7.89. The van der Waals surface area contributed by atoms with Gasteiger partial charge in [-0.3, -0.25) is 23.5 Å². The van der Waals surface area contributed by atoms with Crippen LogP contribution in [0.1, 0.15) is 23.7 Å². The lowest BCUT2D eigenvalue weighted by molar-refractivity contribution is -0.142. The number of hydrogen-bond donors (Lipinski definition) is 1. The molecule has 0 saturated heterocycles. The highest BCUT2D eigenvalue weighted by atomic mass is 35.5. The molecule has 1 aromatic carbocycles. The number of sulfonamides is 1. The summed E-state index contributed by atoms with van der Waals surface area (Å²) in [5, 5.41) is 0.347. The summed E-state index contributed by atoms with van der Waals surface area (Å²) in [7, 11) is -1.63. The molecule has 0 fully saturated rings. The van der Waals surface area contributed by atoms with E-state index in [-0.39, 0.29) is 17.3 Å². The van der Waals surface area contributed by atoms with Crippen molar-refractivity contribution in [3.63, 3.8) is 0 Å². The lowest BCUT2D eigenvalue weighted by atomic mass is 10.2. The first kappa shape index (κ1) is 25.3. The molecule has 0 atom stereocenters. The second-order valence-corrected chi connectivity index (χ2v) is 9.34. The third kappa shape index (κ3) is 5.26. The van der Waals surface area contributed by atoms with Crippen LogP contribution in [0, 0.1) is 0 Å². The summed E-state index contributed by atoms with van der Waals surface area (Å²) >= 11 is 5.75. The quantitative estimate of drug-likeness (QED) is 0.391. The summed E-state index contributed by atoms with van der Waals surface area (Å²) in [5.41, 5.74) is 3.79. The van der Waals surface area contributed by atoms with Crippen LogP contribution in [-0.4, -0.2) is 53.8 Å². The van der Waals surface area contributed by atoms with Gasteiger partial charge in [-0.25, -0.2) is 13.2 Å². The number of aromatic nitrogens is 2. The number of halogens is 1. The summed E-state index contributed by atoms with van der Waals surface area (Å²) in [4.78, 5) is 49.1. The van der Waals surface area contributed by atoms with E-state index in [0.29, 0.717) is 11.4 Å². The number of nitrogen functional groups attached to an aromatic ring is 1. The third-order valence-electron chi connectivity index (χ3n) is 4.55. The van der Waals surface area contributed by atoms with Gasteiger partial charge in [0.05, 0.1) is 4.90 Å². The Morgan fingerprint density at radius 1 is 1.19 bits per heavy atom. The molecular weight excluding hydrogens is 464 g/mol. The lowest BCUT2D eigenvalue weighted by Gasteiger charge is -2.17. The van der Waals surface area contributed by atoms with Gasteiger partial charge in [0, 0.05) is 25.7 Å². The fourth-order valence-electron chi connectivity index (χ4n) is 2.80. The number of esters is 1. The van der Waals surface area contributed by atoms with E-state index in [4.69, 9.17) is 22.1 Å². The summed E-state index contributed by atoms with van der Waals surface area (Å²) in [5.74, 6) is -2.25. The third-order valence-corrected chi connectivity index (χ3v) is 6.62. The van der Waals surface area contributed by atoms with E-state index < -0.39 is 51.7 Å². The number of nitrogens with zero attached hydrogens (tertiary/aromatic N) is 3. The zero-order valence-corrected chi connectivity index (χ0v) is 19.3. The average Bonchev–Trinajstić information content (AvgIpc) is 2.74. The van der Waals surface area contributed by atoms with E-state index in [1.807, 2.05) is 0 Å². The molecule has 0 bridgehead atoms. The predicted octanol–water partition coefficient (Wildman–Crippen LogP) is 0.239. The van der Waals surface area contributed by atoms with Crippen LogP contribution >= 0.6 is 11.6 Å². The van der Waals surface area contributed by atoms with Gasteiger partial charge in [-0.15, -0.1) is 0 Å². The van der Waals surface area contributed by atoms with E-state index >= 15 is 0 Å². The second-order valence-electron chi connectivity index (χ2n) is 6.86. The molecule has 2 rings (SSSR count). The van der Waals surface area contributed by atoms with Crippen LogP contribution in [-0.2, 0) is 33.1 Å². The van der Waals surface area contributed by atoms with Crippen LogP contribution in [0.2, 0.25) is 5.02 Å². The van der Waals surface area contributed by atoms with Crippen molar-refractivity contribution in [2.75, 3.05) is 25.9 Å². The molecule has 0 radical (unpaired) electrons. The number of ether oxygens (including phenoxy) is 1. The van der Waals surface area contributed by atoms with E-state index in [1.165, 1.54) is 38.4 Å². The molecule has 32 heavy (non-hydrogen) atoms. The van der Waals surface area contributed by atoms with Crippen LogP contribution in [0.25, 0.3) is 0 Å². The molecule has 11 nitrogen and oxygen atoms in total. The highest BCUT2D eigenvalue weighted by Crippen LogP contribution is 2.17.